The SMILES string of the molecule is CCCCCNCCN(C)CCCCC. The Kier molecular flexibility index (Phi) is 11.9. The van der Waals surface area contributed by atoms with Gasteiger partial charge in [0.05, 0.1) is 0 Å². The Morgan fingerprint density at radius 1 is 0.800 bits per heavy atom. The first-order valence-electron chi connectivity index (χ1n) is 6.70. The van der Waals surface area contributed by atoms with Crippen LogP contribution < -0.4 is 5.32 Å². The van der Waals surface area contributed by atoms with E-state index < -0.39 is 0 Å². The maximum atomic E-state index is 3.50. The van der Waals surface area contributed by atoms with Gasteiger partial charge in [0, 0.05) is 13.1 Å². The van der Waals surface area contributed by atoms with Gasteiger partial charge in [-0.15, -0.1) is 0 Å². The van der Waals surface area contributed by atoms with Gasteiger partial charge < -0.3 is 10.2 Å². The molecule has 92 valence electrons. The highest BCUT2D eigenvalue weighted by Crippen LogP contribution is 1.95. The van der Waals surface area contributed by atoms with E-state index in [0.29, 0.717) is 0 Å². The van der Waals surface area contributed by atoms with Gasteiger partial charge in [-0.1, -0.05) is 39.5 Å². The van der Waals surface area contributed by atoms with E-state index in [1.54, 1.807) is 0 Å². The summed E-state index contributed by atoms with van der Waals surface area (Å²) < 4.78 is 0. The molecule has 2 heteroatoms. The van der Waals surface area contributed by atoms with Crippen LogP contribution in [0.4, 0.5) is 0 Å². The fourth-order valence-corrected chi connectivity index (χ4v) is 1.64. The van der Waals surface area contributed by atoms with Crippen LogP contribution in [0.1, 0.15) is 52.4 Å². The van der Waals surface area contributed by atoms with Crippen molar-refractivity contribution in [3.63, 3.8) is 0 Å². The van der Waals surface area contributed by atoms with Crippen LogP contribution in [0.3, 0.4) is 0 Å². The zero-order valence-corrected chi connectivity index (χ0v) is 11.0. The molecule has 0 radical (unpaired) electrons. The van der Waals surface area contributed by atoms with E-state index in [9.17, 15) is 0 Å². The van der Waals surface area contributed by atoms with E-state index >= 15 is 0 Å². The molecular formula is C13H30N2. The summed E-state index contributed by atoms with van der Waals surface area (Å²) in [6.45, 7) is 9.29. The molecule has 0 atom stereocenters. The number of nitrogens with zero attached hydrogens (tertiary/aromatic N) is 1. The molecule has 0 aliphatic carbocycles. The smallest absolute Gasteiger partial charge is 0.0104 e. The second kappa shape index (κ2) is 12.0. The molecule has 0 bridgehead atoms. The first-order valence-corrected chi connectivity index (χ1v) is 6.70. The summed E-state index contributed by atoms with van der Waals surface area (Å²) in [6.07, 6.45) is 8.05. The third-order valence-electron chi connectivity index (χ3n) is 2.77. The molecule has 0 spiro atoms. The normalized spacial score (nSPS) is 11.2. The van der Waals surface area contributed by atoms with Gasteiger partial charge in [0.15, 0.2) is 0 Å². The van der Waals surface area contributed by atoms with E-state index in [1.165, 1.54) is 58.2 Å². The number of unbranched alkanes of at least 4 members (excludes halogenated alkanes) is 4. The summed E-state index contributed by atoms with van der Waals surface area (Å²) in [5.74, 6) is 0. The van der Waals surface area contributed by atoms with E-state index in [4.69, 9.17) is 0 Å². The van der Waals surface area contributed by atoms with E-state index in [2.05, 4.69) is 31.1 Å². The summed E-state index contributed by atoms with van der Waals surface area (Å²) in [6, 6.07) is 0. The van der Waals surface area contributed by atoms with Crippen LogP contribution in [0, 0.1) is 0 Å². The highest BCUT2D eigenvalue weighted by molar-refractivity contribution is 4.55. The summed E-state index contributed by atoms with van der Waals surface area (Å²) >= 11 is 0. The third kappa shape index (κ3) is 11.8. The Hall–Kier alpha value is -0.0800. The predicted octanol–water partition coefficient (Wildman–Crippen LogP) is 2.89. The molecule has 0 unspecified atom stereocenters. The van der Waals surface area contributed by atoms with Crippen molar-refractivity contribution in [2.24, 2.45) is 0 Å². The largest absolute Gasteiger partial charge is 0.315 e. The zero-order chi connectivity index (χ0) is 11.4. The lowest BCUT2D eigenvalue weighted by molar-refractivity contribution is 0.323. The number of nitrogens with one attached hydrogen (secondary N) is 1. The van der Waals surface area contributed by atoms with Crippen LogP contribution in [0.15, 0.2) is 0 Å². The summed E-state index contributed by atoms with van der Waals surface area (Å²) in [4.78, 5) is 2.43. The van der Waals surface area contributed by atoms with E-state index in [0.717, 1.165) is 6.54 Å². The fourth-order valence-electron chi connectivity index (χ4n) is 1.64. The van der Waals surface area contributed by atoms with Gasteiger partial charge in [0.1, 0.15) is 0 Å². The Morgan fingerprint density at radius 3 is 2.13 bits per heavy atom. The molecule has 2 nitrogen and oxygen atoms in total. The van der Waals surface area contributed by atoms with Crippen molar-refractivity contribution in [2.75, 3.05) is 33.2 Å². The molecule has 0 aromatic carbocycles. The third-order valence-corrected chi connectivity index (χ3v) is 2.77. The average molecular weight is 214 g/mol. The Labute approximate surface area is 96.4 Å². The molecule has 0 aliphatic heterocycles. The summed E-state index contributed by atoms with van der Waals surface area (Å²) in [5, 5.41) is 3.50. The van der Waals surface area contributed by atoms with E-state index in [1.807, 2.05) is 0 Å². The van der Waals surface area contributed by atoms with Gasteiger partial charge in [0.25, 0.3) is 0 Å². The molecule has 0 aliphatic rings. The lowest BCUT2D eigenvalue weighted by Gasteiger charge is -2.16. The van der Waals surface area contributed by atoms with Crippen LogP contribution in [0.5, 0.6) is 0 Å². The van der Waals surface area contributed by atoms with Crippen molar-refractivity contribution in [3.8, 4) is 0 Å². The maximum Gasteiger partial charge on any atom is 0.0104 e. The van der Waals surface area contributed by atoms with E-state index in [-0.39, 0.29) is 0 Å². The molecule has 0 saturated heterocycles. The van der Waals surface area contributed by atoms with Crippen molar-refractivity contribution in [1.29, 1.82) is 0 Å². The summed E-state index contributed by atoms with van der Waals surface area (Å²) in [5.41, 5.74) is 0. The van der Waals surface area contributed by atoms with Gasteiger partial charge in [-0.2, -0.15) is 0 Å². The highest BCUT2D eigenvalue weighted by atomic mass is 15.1. The molecule has 0 rings (SSSR count). The summed E-state index contributed by atoms with van der Waals surface area (Å²) in [7, 11) is 2.23. The minimum atomic E-state index is 1.15. The second-order valence-electron chi connectivity index (χ2n) is 4.47. The molecule has 0 fully saturated rings. The molecule has 0 saturated carbocycles. The van der Waals surface area contributed by atoms with Crippen molar-refractivity contribution >= 4 is 0 Å². The van der Waals surface area contributed by atoms with Crippen molar-refractivity contribution in [2.45, 2.75) is 52.4 Å². The van der Waals surface area contributed by atoms with Gasteiger partial charge in [0.2, 0.25) is 0 Å². The molecule has 0 aromatic heterocycles. The molecular weight excluding hydrogens is 184 g/mol. The molecule has 1 N–H and O–H groups in total. The van der Waals surface area contributed by atoms with Gasteiger partial charge in [-0.25, -0.2) is 0 Å². The first-order chi connectivity index (χ1) is 7.31. The van der Waals surface area contributed by atoms with Gasteiger partial charge >= 0.3 is 0 Å². The number of rotatable bonds is 11. The van der Waals surface area contributed by atoms with Gasteiger partial charge in [-0.05, 0) is 33.0 Å². The monoisotopic (exact) mass is 214 g/mol. The lowest BCUT2D eigenvalue weighted by atomic mass is 10.2. The predicted molar refractivity (Wildman–Crippen MR) is 69.4 cm³/mol. The molecule has 15 heavy (non-hydrogen) atoms. The maximum absolute atomic E-state index is 3.50. The minimum absolute atomic E-state index is 1.15. The quantitative estimate of drug-likeness (QED) is 0.532. The standard InChI is InChI=1S/C13H30N2/c1-4-6-8-10-14-11-13-15(3)12-9-7-5-2/h14H,4-13H2,1-3H3. The molecule has 0 aromatic rings. The van der Waals surface area contributed by atoms with Crippen molar-refractivity contribution in [3.05, 3.63) is 0 Å². The zero-order valence-electron chi connectivity index (χ0n) is 11.0. The Balaban J connectivity index is 3.06. The number of hydrogen-bond donors (Lipinski definition) is 1. The van der Waals surface area contributed by atoms with Crippen LogP contribution in [-0.2, 0) is 0 Å². The van der Waals surface area contributed by atoms with Gasteiger partial charge in [-0.3, -0.25) is 0 Å². The lowest BCUT2D eigenvalue weighted by Crippen LogP contribution is -2.30. The van der Waals surface area contributed by atoms with Crippen molar-refractivity contribution < 1.29 is 0 Å². The minimum Gasteiger partial charge on any atom is -0.315 e. The molecule has 0 amide bonds. The Bertz CT molecular complexity index is 115. The fraction of sp³-hybridized carbons (Fsp3) is 1.00. The average Bonchev–Trinajstić information content (AvgIpc) is 2.23. The number of likely N-dealkylation sites (N-methyl/N-ethyl adjacent to an activating group) is 1. The van der Waals surface area contributed by atoms with Crippen LogP contribution in [0.25, 0.3) is 0 Å². The topological polar surface area (TPSA) is 15.3 Å². The number of hydrogen-bond acceptors (Lipinski definition) is 2. The van der Waals surface area contributed by atoms with Crippen LogP contribution in [-0.4, -0.2) is 38.1 Å². The Morgan fingerprint density at radius 2 is 1.47 bits per heavy atom. The molecule has 0 heterocycles. The van der Waals surface area contributed by atoms with Crippen molar-refractivity contribution in [1.82, 2.24) is 10.2 Å². The first kappa shape index (κ1) is 14.9. The van der Waals surface area contributed by atoms with Crippen LogP contribution in [0.2, 0.25) is 0 Å². The highest BCUT2D eigenvalue weighted by Gasteiger charge is 1.96. The van der Waals surface area contributed by atoms with Crippen LogP contribution >= 0.6 is 0 Å². The second-order valence-corrected chi connectivity index (χ2v) is 4.47.